The molecule has 2 heterocycles. The van der Waals surface area contributed by atoms with Crippen LogP contribution in [0.1, 0.15) is 29.8 Å². The highest BCUT2D eigenvalue weighted by Crippen LogP contribution is 2.16. The van der Waals surface area contributed by atoms with Crippen molar-refractivity contribution in [2.75, 3.05) is 26.7 Å². The number of nitrogens with one attached hydrogen (secondary N) is 1. The third kappa shape index (κ3) is 3.10. The number of rotatable bonds is 4. The molecule has 0 saturated carbocycles. The van der Waals surface area contributed by atoms with Crippen LogP contribution in [0.25, 0.3) is 0 Å². The van der Waals surface area contributed by atoms with Crippen molar-refractivity contribution < 1.29 is 4.79 Å². The van der Waals surface area contributed by atoms with Crippen LogP contribution in [0, 0.1) is 5.92 Å². The zero-order valence-corrected chi connectivity index (χ0v) is 11.2. The third-order valence-corrected chi connectivity index (χ3v) is 3.72. The predicted molar refractivity (Wildman–Crippen MR) is 70.4 cm³/mol. The predicted octanol–water partition coefficient (Wildman–Crippen LogP) is 0.882. The van der Waals surface area contributed by atoms with E-state index in [1.165, 1.54) is 12.8 Å². The number of hydrogen-bond donors (Lipinski definition) is 1. The summed E-state index contributed by atoms with van der Waals surface area (Å²) in [7, 11) is 3.67. The van der Waals surface area contributed by atoms with Crippen LogP contribution in [0.5, 0.6) is 0 Å². The Balaban J connectivity index is 1.82. The van der Waals surface area contributed by atoms with E-state index < -0.39 is 0 Å². The van der Waals surface area contributed by atoms with E-state index in [1.54, 1.807) is 28.9 Å². The van der Waals surface area contributed by atoms with Gasteiger partial charge in [0, 0.05) is 26.8 Å². The van der Waals surface area contributed by atoms with Gasteiger partial charge >= 0.3 is 0 Å². The van der Waals surface area contributed by atoms with E-state index in [9.17, 15) is 4.79 Å². The molecule has 18 heavy (non-hydrogen) atoms. The van der Waals surface area contributed by atoms with Crippen molar-refractivity contribution in [2.45, 2.75) is 19.3 Å². The molecule has 1 aliphatic rings. The van der Waals surface area contributed by atoms with Crippen molar-refractivity contribution in [3.8, 4) is 0 Å². The van der Waals surface area contributed by atoms with Crippen LogP contribution in [0.3, 0.4) is 0 Å². The van der Waals surface area contributed by atoms with E-state index in [1.807, 2.05) is 7.05 Å². The van der Waals surface area contributed by atoms with Gasteiger partial charge in [-0.25, -0.2) is 0 Å². The second-order valence-corrected chi connectivity index (χ2v) is 5.05. The molecule has 1 fully saturated rings. The summed E-state index contributed by atoms with van der Waals surface area (Å²) in [6.07, 6.45) is 5.22. The van der Waals surface area contributed by atoms with Gasteiger partial charge in [-0.2, -0.15) is 5.10 Å². The van der Waals surface area contributed by atoms with Crippen LogP contribution in [0.15, 0.2) is 12.3 Å². The smallest absolute Gasteiger partial charge is 0.271 e. The second-order valence-electron chi connectivity index (χ2n) is 5.05. The molecule has 2 rings (SSSR count). The summed E-state index contributed by atoms with van der Waals surface area (Å²) in [5.41, 5.74) is 0.655. The maximum Gasteiger partial charge on any atom is 0.271 e. The number of carbonyl (C=O) groups excluding carboxylic acids is 1. The van der Waals surface area contributed by atoms with Crippen LogP contribution in [0.2, 0.25) is 0 Å². The molecule has 5 heteroatoms. The number of aromatic nitrogens is 2. The lowest BCUT2D eigenvalue weighted by molar-refractivity contribution is 0.0773. The molecule has 0 spiro atoms. The highest BCUT2D eigenvalue weighted by Gasteiger charge is 2.18. The van der Waals surface area contributed by atoms with Crippen LogP contribution < -0.4 is 5.32 Å². The van der Waals surface area contributed by atoms with Gasteiger partial charge in [-0.15, -0.1) is 0 Å². The molecule has 0 aromatic carbocycles. The van der Waals surface area contributed by atoms with Crippen molar-refractivity contribution in [2.24, 2.45) is 13.0 Å². The minimum Gasteiger partial charge on any atom is -0.340 e. The van der Waals surface area contributed by atoms with Crippen molar-refractivity contribution in [1.82, 2.24) is 20.0 Å². The normalized spacial score (nSPS) is 16.8. The number of amides is 1. The van der Waals surface area contributed by atoms with Crippen molar-refractivity contribution in [3.05, 3.63) is 18.0 Å². The molecule has 1 saturated heterocycles. The quantitative estimate of drug-likeness (QED) is 0.863. The summed E-state index contributed by atoms with van der Waals surface area (Å²) in [6.45, 7) is 3.06. The Morgan fingerprint density at radius 2 is 2.28 bits per heavy atom. The fourth-order valence-electron chi connectivity index (χ4n) is 2.43. The molecular formula is C13H22N4O. The maximum absolute atomic E-state index is 12.2. The summed E-state index contributed by atoms with van der Waals surface area (Å²) in [6, 6.07) is 1.77. The summed E-state index contributed by atoms with van der Waals surface area (Å²) < 4.78 is 1.63. The number of nitrogens with zero attached hydrogens (tertiary/aromatic N) is 3. The number of hydrogen-bond acceptors (Lipinski definition) is 3. The Bertz CT molecular complexity index is 395. The molecule has 0 unspecified atom stereocenters. The number of carbonyl (C=O) groups is 1. The van der Waals surface area contributed by atoms with Crippen LogP contribution in [-0.2, 0) is 7.05 Å². The average Bonchev–Trinajstić information content (AvgIpc) is 2.82. The number of piperidine rings is 1. The molecule has 100 valence electrons. The van der Waals surface area contributed by atoms with Crippen molar-refractivity contribution in [1.29, 1.82) is 0 Å². The largest absolute Gasteiger partial charge is 0.340 e. The zero-order chi connectivity index (χ0) is 13.0. The molecule has 1 aliphatic heterocycles. The minimum absolute atomic E-state index is 0.0592. The van der Waals surface area contributed by atoms with Gasteiger partial charge in [-0.1, -0.05) is 0 Å². The van der Waals surface area contributed by atoms with Gasteiger partial charge in [0.1, 0.15) is 5.69 Å². The molecule has 5 nitrogen and oxygen atoms in total. The fourth-order valence-corrected chi connectivity index (χ4v) is 2.43. The first-order valence-corrected chi connectivity index (χ1v) is 6.62. The fraction of sp³-hybridized carbons (Fsp3) is 0.692. The zero-order valence-electron chi connectivity index (χ0n) is 11.2. The molecule has 1 amide bonds. The van der Waals surface area contributed by atoms with E-state index in [-0.39, 0.29) is 5.91 Å². The van der Waals surface area contributed by atoms with Gasteiger partial charge in [0.15, 0.2) is 0 Å². The van der Waals surface area contributed by atoms with Gasteiger partial charge in [0.25, 0.3) is 5.91 Å². The highest BCUT2D eigenvalue weighted by molar-refractivity contribution is 5.92. The summed E-state index contributed by atoms with van der Waals surface area (Å²) in [4.78, 5) is 14.0. The molecular weight excluding hydrogens is 228 g/mol. The molecule has 1 aromatic rings. The van der Waals surface area contributed by atoms with Crippen molar-refractivity contribution >= 4 is 5.91 Å². The van der Waals surface area contributed by atoms with E-state index >= 15 is 0 Å². The molecule has 0 radical (unpaired) electrons. The van der Waals surface area contributed by atoms with Gasteiger partial charge in [-0.3, -0.25) is 9.48 Å². The van der Waals surface area contributed by atoms with Crippen LogP contribution in [-0.4, -0.2) is 47.3 Å². The van der Waals surface area contributed by atoms with Crippen LogP contribution >= 0.6 is 0 Å². The topological polar surface area (TPSA) is 50.2 Å². The monoisotopic (exact) mass is 250 g/mol. The van der Waals surface area contributed by atoms with E-state index in [4.69, 9.17) is 0 Å². The Morgan fingerprint density at radius 1 is 1.56 bits per heavy atom. The van der Waals surface area contributed by atoms with E-state index in [2.05, 4.69) is 10.4 Å². The second kappa shape index (κ2) is 6.00. The standard InChI is InChI=1S/C13H22N4O/c1-16(10-6-11-3-7-14-8-4-11)13(18)12-5-9-15-17(12)2/h5,9,11,14H,3-4,6-8,10H2,1-2H3. The lowest BCUT2D eigenvalue weighted by Gasteiger charge is -2.25. The molecule has 0 atom stereocenters. The first-order chi connectivity index (χ1) is 8.68. The summed E-state index contributed by atoms with van der Waals surface area (Å²) in [5, 5.41) is 7.39. The van der Waals surface area contributed by atoms with Gasteiger partial charge in [0.2, 0.25) is 0 Å². The molecule has 1 N–H and O–H groups in total. The highest BCUT2D eigenvalue weighted by atomic mass is 16.2. The molecule has 1 aromatic heterocycles. The SMILES string of the molecule is CN(CCC1CCNCC1)C(=O)c1ccnn1C. The lowest BCUT2D eigenvalue weighted by atomic mass is 9.94. The Labute approximate surface area is 108 Å². The van der Waals surface area contributed by atoms with E-state index in [0.717, 1.165) is 32.0 Å². The number of aryl methyl sites for hydroxylation is 1. The first-order valence-electron chi connectivity index (χ1n) is 6.62. The summed E-state index contributed by atoms with van der Waals surface area (Å²) in [5.74, 6) is 0.817. The maximum atomic E-state index is 12.2. The Morgan fingerprint density at radius 3 is 2.89 bits per heavy atom. The third-order valence-electron chi connectivity index (χ3n) is 3.72. The van der Waals surface area contributed by atoms with Crippen LogP contribution in [0.4, 0.5) is 0 Å². The molecule has 0 bridgehead atoms. The van der Waals surface area contributed by atoms with Gasteiger partial charge in [-0.05, 0) is 44.3 Å². The Hall–Kier alpha value is -1.36. The van der Waals surface area contributed by atoms with Gasteiger partial charge in [0.05, 0.1) is 0 Å². The summed E-state index contributed by atoms with van der Waals surface area (Å²) >= 11 is 0. The first kappa shape index (κ1) is 13.1. The van der Waals surface area contributed by atoms with Crippen molar-refractivity contribution in [3.63, 3.8) is 0 Å². The Kier molecular flexibility index (Phi) is 4.36. The van der Waals surface area contributed by atoms with Gasteiger partial charge < -0.3 is 10.2 Å². The minimum atomic E-state index is 0.0592. The average molecular weight is 250 g/mol. The molecule has 0 aliphatic carbocycles. The van der Waals surface area contributed by atoms with E-state index in [0.29, 0.717) is 5.69 Å². The lowest BCUT2D eigenvalue weighted by Crippen LogP contribution is -2.33.